The summed E-state index contributed by atoms with van der Waals surface area (Å²) in [4.78, 5) is 27.5. The standard InChI is InChI=1S/C21H16ClF6N3O2/c22-14-11-29-15-7-4-8-16(17(14)15)31(19(33)21(26,27)28)10-9-30(18(32)20(23,24)25)12-13-5-2-1-3-6-13/h1-8,11,29H,9-10,12H2. The molecule has 0 saturated carbocycles. The van der Waals surface area contributed by atoms with Crippen molar-refractivity contribution in [1.82, 2.24) is 9.88 Å². The van der Waals surface area contributed by atoms with Crippen LogP contribution in [0.25, 0.3) is 10.9 Å². The smallest absolute Gasteiger partial charge is 0.360 e. The second-order valence-corrected chi connectivity index (χ2v) is 7.41. The molecule has 5 nitrogen and oxygen atoms in total. The fraction of sp³-hybridized carbons (Fsp3) is 0.238. The Morgan fingerprint density at radius 3 is 2.09 bits per heavy atom. The van der Waals surface area contributed by atoms with Crippen LogP contribution in [0.1, 0.15) is 5.56 Å². The zero-order chi connectivity index (χ0) is 24.4. The molecular formula is C21H16ClF6N3O2. The molecule has 2 aromatic carbocycles. The minimum absolute atomic E-state index is 0.0214. The predicted molar refractivity (Wildman–Crippen MR) is 110 cm³/mol. The number of hydrogen-bond acceptors (Lipinski definition) is 2. The highest BCUT2D eigenvalue weighted by molar-refractivity contribution is 6.37. The molecule has 0 bridgehead atoms. The molecule has 0 aliphatic heterocycles. The van der Waals surface area contributed by atoms with Crippen molar-refractivity contribution in [3.05, 3.63) is 65.3 Å². The van der Waals surface area contributed by atoms with E-state index in [2.05, 4.69) is 4.98 Å². The number of benzene rings is 2. The van der Waals surface area contributed by atoms with Crippen LogP contribution in [0, 0.1) is 0 Å². The molecule has 1 N–H and O–H groups in total. The number of H-pyrrole nitrogens is 1. The van der Waals surface area contributed by atoms with Crippen LogP contribution >= 0.6 is 11.6 Å². The van der Waals surface area contributed by atoms with Crippen molar-refractivity contribution in [2.24, 2.45) is 0 Å². The number of alkyl halides is 6. The summed E-state index contributed by atoms with van der Waals surface area (Å²) in [7, 11) is 0. The highest BCUT2D eigenvalue weighted by Crippen LogP contribution is 2.35. The van der Waals surface area contributed by atoms with E-state index in [1.165, 1.54) is 36.5 Å². The van der Waals surface area contributed by atoms with Crippen LogP contribution in [0.4, 0.5) is 32.0 Å². The fourth-order valence-electron chi connectivity index (χ4n) is 3.29. The molecule has 1 heterocycles. The minimum atomic E-state index is -5.32. The van der Waals surface area contributed by atoms with Crippen molar-refractivity contribution in [3.8, 4) is 0 Å². The van der Waals surface area contributed by atoms with E-state index in [1.807, 2.05) is 0 Å². The van der Waals surface area contributed by atoms with Gasteiger partial charge in [0.15, 0.2) is 0 Å². The number of aromatic amines is 1. The summed E-state index contributed by atoms with van der Waals surface area (Å²) >= 11 is 6.06. The summed E-state index contributed by atoms with van der Waals surface area (Å²) < 4.78 is 79.4. The summed E-state index contributed by atoms with van der Waals surface area (Å²) in [6, 6.07) is 11.7. The Labute approximate surface area is 188 Å². The SMILES string of the molecule is O=C(N(CCN(C(=O)C(F)(F)F)c1cccc2[nH]cc(Cl)c12)Cc1ccccc1)C(F)(F)F. The van der Waals surface area contributed by atoms with Crippen molar-refractivity contribution < 1.29 is 35.9 Å². The van der Waals surface area contributed by atoms with Gasteiger partial charge in [-0.1, -0.05) is 48.0 Å². The summed E-state index contributed by atoms with van der Waals surface area (Å²) in [5.41, 5.74) is 0.407. The Kier molecular flexibility index (Phi) is 6.92. The van der Waals surface area contributed by atoms with E-state index in [0.29, 0.717) is 16.0 Å². The summed E-state index contributed by atoms with van der Waals surface area (Å²) in [6.07, 6.45) is -9.26. The molecule has 1 aromatic heterocycles. The van der Waals surface area contributed by atoms with Crippen molar-refractivity contribution in [3.63, 3.8) is 0 Å². The van der Waals surface area contributed by atoms with Gasteiger partial charge in [0, 0.05) is 36.7 Å². The molecular weight excluding hydrogens is 476 g/mol. The van der Waals surface area contributed by atoms with Gasteiger partial charge in [-0.05, 0) is 17.7 Å². The molecule has 0 radical (unpaired) electrons. The van der Waals surface area contributed by atoms with E-state index >= 15 is 0 Å². The largest absolute Gasteiger partial charge is 0.471 e. The van der Waals surface area contributed by atoms with Crippen molar-refractivity contribution in [2.75, 3.05) is 18.0 Å². The van der Waals surface area contributed by atoms with Gasteiger partial charge in [0.2, 0.25) is 0 Å². The molecule has 0 saturated heterocycles. The topological polar surface area (TPSA) is 56.4 Å². The van der Waals surface area contributed by atoms with E-state index in [4.69, 9.17) is 11.6 Å². The third-order valence-electron chi connectivity index (χ3n) is 4.75. The Bertz CT molecular complexity index is 1140. The van der Waals surface area contributed by atoms with Crippen LogP contribution in [0.3, 0.4) is 0 Å². The number of nitrogens with zero attached hydrogens (tertiary/aromatic N) is 2. The lowest BCUT2D eigenvalue weighted by Gasteiger charge is -2.29. The second kappa shape index (κ2) is 9.34. The molecule has 176 valence electrons. The molecule has 3 aromatic rings. The van der Waals surface area contributed by atoms with Gasteiger partial charge in [-0.3, -0.25) is 9.59 Å². The van der Waals surface area contributed by atoms with Crippen LogP contribution in [0.2, 0.25) is 5.02 Å². The summed E-state index contributed by atoms with van der Waals surface area (Å²) in [6.45, 7) is -2.18. The fourth-order valence-corrected chi connectivity index (χ4v) is 3.54. The van der Waals surface area contributed by atoms with Crippen molar-refractivity contribution in [1.29, 1.82) is 0 Å². The van der Waals surface area contributed by atoms with E-state index < -0.39 is 43.8 Å². The molecule has 12 heteroatoms. The third-order valence-corrected chi connectivity index (χ3v) is 5.05. The number of halogens is 7. The first kappa shape index (κ1) is 24.4. The van der Waals surface area contributed by atoms with Gasteiger partial charge in [0.25, 0.3) is 0 Å². The van der Waals surface area contributed by atoms with Crippen LogP contribution in [-0.4, -0.2) is 47.1 Å². The molecule has 0 aliphatic rings. The number of hydrogen-bond donors (Lipinski definition) is 1. The van der Waals surface area contributed by atoms with Crippen LogP contribution in [0.15, 0.2) is 54.7 Å². The number of fused-ring (bicyclic) bond motifs is 1. The first-order chi connectivity index (χ1) is 15.4. The predicted octanol–water partition coefficient (Wildman–Crippen LogP) is 5.31. The van der Waals surface area contributed by atoms with E-state index in [9.17, 15) is 35.9 Å². The number of anilines is 1. The lowest BCUT2D eigenvalue weighted by molar-refractivity contribution is -0.186. The quantitative estimate of drug-likeness (QED) is 0.475. The van der Waals surface area contributed by atoms with Crippen LogP contribution in [0.5, 0.6) is 0 Å². The maximum atomic E-state index is 13.3. The van der Waals surface area contributed by atoms with Gasteiger partial charge >= 0.3 is 24.2 Å². The normalized spacial score (nSPS) is 12.1. The zero-order valence-electron chi connectivity index (χ0n) is 16.7. The molecule has 0 spiro atoms. The average Bonchev–Trinajstić information content (AvgIpc) is 3.13. The summed E-state index contributed by atoms with van der Waals surface area (Å²) in [5, 5.41) is 0.113. The van der Waals surface area contributed by atoms with Gasteiger partial charge < -0.3 is 14.8 Å². The maximum absolute atomic E-state index is 13.3. The average molecular weight is 492 g/mol. The van der Waals surface area contributed by atoms with Gasteiger partial charge in [0.05, 0.1) is 10.7 Å². The van der Waals surface area contributed by atoms with Crippen LogP contribution in [-0.2, 0) is 16.1 Å². The third kappa shape index (κ3) is 5.59. The number of nitrogens with one attached hydrogen (secondary N) is 1. The number of carbonyl (C=O) groups excluding carboxylic acids is 2. The molecule has 0 fully saturated rings. The number of rotatable bonds is 6. The molecule has 0 unspecified atom stereocenters. The Morgan fingerprint density at radius 2 is 1.48 bits per heavy atom. The monoisotopic (exact) mass is 491 g/mol. The van der Waals surface area contributed by atoms with Gasteiger partial charge in [-0.25, -0.2) is 0 Å². The highest BCUT2D eigenvalue weighted by atomic mass is 35.5. The Balaban J connectivity index is 1.97. The van der Waals surface area contributed by atoms with Crippen molar-refractivity contribution in [2.45, 2.75) is 18.9 Å². The number of carbonyl (C=O) groups is 2. The first-order valence-electron chi connectivity index (χ1n) is 9.44. The molecule has 33 heavy (non-hydrogen) atoms. The molecule has 3 rings (SSSR count). The molecule has 0 aliphatic carbocycles. The van der Waals surface area contributed by atoms with Gasteiger partial charge in [-0.2, -0.15) is 26.3 Å². The van der Waals surface area contributed by atoms with E-state index in [-0.39, 0.29) is 21.0 Å². The minimum Gasteiger partial charge on any atom is -0.360 e. The number of aromatic nitrogens is 1. The first-order valence-corrected chi connectivity index (χ1v) is 9.81. The second-order valence-electron chi connectivity index (χ2n) is 7.00. The van der Waals surface area contributed by atoms with Gasteiger partial charge in [0.1, 0.15) is 0 Å². The maximum Gasteiger partial charge on any atom is 0.471 e. The van der Waals surface area contributed by atoms with Crippen LogP contribution < -0.4 is 4.90 Å². The summed E-state index contributed by atoms with van der Waals surface area (Å²) in [5.74, 6) is -4.53. The Hall–Kier alpha value is -3.21. The Morgan fingerprint density at radius 1 is 0.848 bits per heavy atom. The lowest BCUT2D eigenvalue weighted by atomic mass is 10.1. The van der Waals surface area contributed by atoms with E-state index in [0.717, 1.165) is 0 Å². The van der Waals surface area contributed by atoms with Crippen molar-refractivity contribution >= 4 is 40.0 Å². The lowest BCUT2D eigenvalue weighted by Crippen LogP contribution is -2.48. The highest BCUT2D eigenvalue weighted by Gasteiger charge is 2.45. The number of amides is 2. The molecule has 0 atom stereocenters. The van der Waals surface area contributed by atoms with E-state index in [1.54, 1.807) is 18.2 Å². The zero-order valence-corrected chi connectivity index (χ0v) is 17.4. The molecule has 2 amide bonds. The van der Waals surface area contributed by atoms with Gasteiger partial charge in [-0.15, -0.1) is 0 Å².